The van der Waals surface area contributed by atoms with Crippen LogP contribution in [-0.2, 0) is 6.54 Å². The Balaban J connectivity index is 2.06. The Hall–Kier alpha value is -0.970. The summed E-state index contributed by atoms with van der Waals surface area (Å²) in [4.78, 5) is 8.99. The molecule has 1 fully saturated rings. The van der Waals surface area contributed by atoms with Crippen molar-refractivity contribution in [3.63, 3.8) is 0 Å². The van der Waals surface area contributed by atoms with Crippen molar-refractivity contribution < 1.29 is 0 Å². The van der Waals surface area contributed by atoms with Crippen LogP contribution in [0.5, 0.6) is 0 Å². The van der Waals surface area contributed by atoms with Crippen molar-refractivity contribution in [2.45, 2.75) is 19.5 Å². The van der Waals surface area contributed by atoms with E-state index in [0.717, 1.165) is 32.7 Å². The maximum Gasteiger partial charge on any atom is 0.0351 e. The third-order valence-electron chi connectivity index (χ3n) is 3.65. The van der Waals surface area contributed by atoms with Crippen LogP contribution in [-0.4, -0.2) is 61.1 Å². The first-order valence-electron chi connectivity index (χ1n) is 7.13. The average Bonchev–Trinajstić information content (AvgIpc) is 2.53. The topological polar surface area (TPSA) is 31.4 Å². The second kappa shape index (κ2) is 6.98. The highest BCUT2D eigenvalue weighted by molar-refractivity contribution is 5.10. The molecular weight excluding hydrogens is 236 g/mol. The molecule has 0 spiro atoms. The van der Waals surface area contributed by atoms with Gasteiger partial charge in [0.05, 0.1) is 0 Å². The molecule has 1 saturated heterocycles. The Morgan fingerprint density at radius 3 is 2.74 bits per heavy atom. The number of hydrogen-bond donors (Lipinski definition) is 1. The number of rotatable bonds is 4. The normalized spacial score (nSPS) is 25.5. The van der Waals surface area contributed by atoms with Crippen molar-refractivity contribution in [1.82, 2.24) is 20.1 Å². The number of likely N-dealkylation sites (N-methyl/N-ethyl adjacent to an activating group) is 1. The van der Waals surface area contributed by atoms with E-state index in [0.29, 0.717) is 12.0 Å². The van der Waals surface area contributed by atoms with Crippen LogP contribution in [0.4, 0.5) is 0 Å². The van der Waals surface area contributed by atoms with E-state index >= 15 is 0 Å². The zero-order valence-electron chi connectivity index (χ0n) is 12.3. The van der Waals surface area contributed by atoms with Crippen LogP contribution in [0, 0.1) is 5.92 Å². The van der Waals surface area contributed by atoms with Gasteiger partial charge in [-0.2, -0.15) is 0 Å². The predicted octanol–water partition coefficient (Wildman–Crippen LogP) is 1.05. The fourth-order valence-corrected chi connectivity index (χ4v) is 2.76. The van der Waals surface area contributed by atoms with E-state index in [-0.39, 0.29) is 0 Å². The number of nitrogens with one attached hydrogen (secondary N) is 1. The number of hydrogen-bond acceptors (Lipinski definition) is 4. The van der Waals surface area contributed by atoms with Gasteiger partial charge in [0.15, 0.2) is 0 Å². The summed E-state index contributed by atoms with van der Waals surface area (Å²) in [5, 5.41) is 3.59. The molecule has 0 saturated carbocycles. The van der Waals surface area contributed by atoms with E-state index in [9.17, 15) is 0 Å². The fourth-order valence-electron chi connectivity index (χ4n) is 2.76. The second-order valence-corrected chi connectivity index (χ2v) is 5.96. The van der Waals surface area contributed by atoms with Crippen LogP contribution < -0.4 is 5.32 Å². The van der Waals surface area contributed by atoms with E-state index in [1.54, 1.807) is 0 Å². The molecule has 1 aliphatic heterocycles. The molecule has 4 nitrogen and oxygen atoms in total. The van der Waals surface area contributed by atoms with Gasteiger partial charge in [-0.25, -0.2) is 0 Å². The van der Waals surface area contributed by atoms with Gasteiger partial charge in [-0.15, -0.1) is 0 Å². The molecule has 19 heavy (non-hydrogen) atoms. The van der Waals surface area contributed by atoms with Crippen LogP contribution in [0.3, 0.4) is 0 Å². The van der Waals surface area contributed by atoms with Crippen molar-refractivity contribution >= 4 is 0 Å². The lowest BCUT2D eigenvalue weighted by atomic mass is 10.1. The monoisotopic (exact) mass is 262 g/mol. The van der Waals surface area contributed by atoms with Crippen molar-refractivity contribution in [2.24, 2.45) is 5.92 Å². The third kappa shape index (κ3) is 4.56. The highest BCUT2D eigenvalue weighted by Crippen LogP contribution is 2.13. The quantitative estimate of drug-likeness (QED) is 0.879. The molecule has 1 aromatic heterocycles. The van der Waals surface area contributed by atoms with Crippen molar-refractivity contribution in [1.29, 1.82) is 0 Å². The van der Waals surface area contributed by atoms with Gasteiger partial charge in [0, 0.05) is 44.6 Å². The SMILES string of the molecule is CC1CNCC(CN(C)C)N(Cc2ccncc2)C1. The zero-order chi connectivity index (χ0) is 13.7. The zero-order valence-corrected chi connectivity index (χ0v) is 12.3. The molecule has 0 bridgehead atoms. The predicted molar refractivity (Wildman–Crippen MR) is 79.0 cm³/mol. The minimum atomic E-state index is 0.577. The Morgan fingerprint density at radius 2 is 2.05 bits per heavy atom. The summed E-state index contributed by atoms with van der Waals surface area (Å²) >= 11 is 0. The van der Waals surface area contributed by atoms with E-state index in [2.05, 4.69) is 53.3 Å². The molecule has 2 atom stereocenters. The lowest BCUT2D eigenvalue weighted by molar-refractivity contribution is 0.153. The standard InChI is InChI=1S/C15H26N4/c1-13-8-17-9-15(12-18(2)3)19(10-13)11-14-4-6-16-7-5-14/h4-7,13,15,17H,8-12H2,1-3H3. The fraction of sp³-hybridized carbons (Fsp3) is 0.667. The lowest BCUT2D eigenvalue weighted by Gasteiger charge is -2.32. The molecule has 0 aliphatic carbocycles. The van der Waals surface area contributed by atoms with Gasteiger partial charge < -0.3 is 10.2 Å². The molecule has 4 heteroatoms. The van der Waals surface area contributed by atoms with Gasteiger partial charge in [0.2, 0.25) is 0 Å². The summed E-state index contributed by atoms with van der Waals surface area (Å²) in [6, 6.07) is 4.82. The lowest BCUT2D eigenvalue weighted by Crippen LogP contribution is -2.45. The van der Waals surface area contributed by atoms with Crippen LogP contribution in [0.25, 0.3) is 0 Å². The summed E-state index contributed by atoms with van der Waals surface area (Å²) in [6.45, 7) is 7.81. The smallest absolute Gasteiger partial charge is 0.0351 e. The third-order valence-corrected chi connectivity index (χ3v) is 3.65. The van der Waals surface area contributed by atoms with Gasteiger partial charge in [-0.3, -0.25) is 9.88 Å². The van der Waals surface area contributed by atoms with Crippen molar-refractivity contribution in [2.75, 3.05) is 40.3 Å². The molecule has 2 rings (SSSR count). The van der Waals surface area contributed by atoms with Gasteiger partial charge >= 0.3 is 0 Å². The highest BCUT2D eigenvalue weighted by atomic mass is 15.2. The Kier molecular flexibility index (Phi) is 5.31. The first-order valence-corrected chi connectivity index (χ1v) is 7.13. The molecular formula is C15H26N4. The maximum absolute atomic E-state index is 4.10. The van der Waals surface area contributed by atoms with E-state index in [1.165, 1.54) is 5.56 Å². The number of aromatic nitrogens is 1. The van der Waals surface area contributed by atoms with Gasteiger partial charge in [-0.1, -0.05) is 6.92 Å². The minimum Gasteiger partial charge on any atom is -0.315 e. The number of pyridine rings is 1. The van der Waals surface area contributed by atoms with Gasteiger partial charge in [-0.05, 0) is 44.3 Å². The van der Waals surface area contributed by atoms with Gasteiger partial charge in [0.1, 0.15) is 0 Å². The molecule has 1 N–H and O–H groups in total. The summed E-state index contributed by atoms with van der Waals surface area (Å²) in [5.41, 5.74) is 1.35. The van der Waals surface area contributed by atoms with Crippen LogP contribution in [0.15, 0.2) is 24.5 Å². The largest absolute Gasteiger partial charge is 0.315 e. The highest BCUT2D eigenvalue weighted by Gasteiger charge is 2.24. The summed E-state index contributed by atoms with van der Waals surface area (Å²) < 4.78 is 0. The number of nitrogens with zero attached hydrogens (tertiary/aromatic N) is 3. The molecule has 2 heterocycles. The van der Waals surface area contributed by atoms with E-state index in [4.69, 9.17) is 0 Å². The van der Waals surface area contributed by atoms with Crippen molar-refractivity contribution in [3.05, 3.63) is 30.1 Å². The van der Waals surface area contributed by atoms with E-state index < -0.39 is 0 Å². The maximum atomic E-state index is 4.10. The van der Waals surface area contributed by atoms with Gasteiger partial charge in [0.25, 0.3) is 0 Å². The Bertz CT molecular complexity index is 366. The summed E-state index contributed by atoms with van der Waals surface area (Å²) in [7, 11) is 4.30. The summed E-state index contributed by atoms with van der Waals surface area (Å²) in [6.07, 6.45) is 3.77. The van der Waals surface area contributed by atoms with Crippen LogP contribution in [0.2, 0.25) is 0 Å². The van der Waals surface area contributed by atoms with Crippen LogP contribution >= 0.6 is 0 Å². The first kappa shape index (κ1) is 14.4. The average molecular weight is 262 g/mol. The molecule has 0 amide bonds. The summed E-state index contributed by atoms with van der Waals surface area (Å²) in [5.74, 6) is 0.703. The Morgan fingerprint density at radius 1 is 1.32 bits per heavy atom. The minimum absolute atomic E-state index is 0.577. The van der Waals surface area contributed by atoms with Crippen molar-refractivity contribution in [3.8, 4) is 0 Å². The molecule has 0 radical (unpaired) electrons. The molecule has 1 aromatic rings. The van der Waals surface area contributed by atoms with E-state index in [1.807, 2.05) is 12.4 Å². The Labute approximate surface area is 116 Å². The second-order valence-electron chi connectivity index (χ2n) is 5.96. The molecule has 2 unspecified atom stereocenters. The first-order chi connectivity index (χ1) is 9.15. The molecule has 1 aliphatic rings. The molecule has 106 valence electrons. The van der Waals surface area contributed by atoms with Crippen LogP contribution in [0.1, 0.15) is 12.5 Å². The molecule has 0 aromatic carbocycles.